The highest BCUT2D eigenvalue weighted by Crippen LogP contribution is 2.45. The second-order valence-corrected chi connectivity index (χ2v) is 13.0. The van der Waals surface area contributed by atoms with Crippen LogP contribution in [0, 0.1) is 0 Å². The highest BCUT2D eigenvalue weighted by Gasteiger charge is 2.29. The van der Waals surface area contributed by atoms with Gasteiger partial charge in [-0.15, -0.1) is 11.3 Å². The van der Waals surface area contributed by atoms with Crippen molar-refractivity contribution in [2.75, 3.05) is 27.2 Å². The summed E-state index contributed by atoms with van der Waals surface area (Å²) in [5.41, 5.74) is 3.67. The van der Waals surface area contributed by atoms with Crippen LogP contribution in [0.2, 0.25) is 0 Å². The molecular weight excluding hydrogens is 566 g/mol. The third-order valence-corrected chi connectivity index (χ3v) is 8.39. The van der Waals surface area contributed by atoms with Gasteiger partial charge in [-0.2, -0.15) is 0 Å². The van der Waals surface area contributed by atoms with Crippen molar-refractivity contribution in [2.45, 2.75) is 51.9 Å². The maximum atomic E-state index is 13.0. The van der Waals surface area contributed by atoms with Gasteiger partial charge in [-0.05, 0) is 75.1 Å². The third-order valence-electron chi connectivity index (χ3n) is 7.26. The Hall–Kier alpha value is -4.31. The number of aromatic carboxylic acids is 1. The Morgan fingerprint density at radius 2 is 1.72 bits per heavy atom. The zero-order chi connectivity index (χ0) is 30.9. The van der Waals surface area contributed by atoms with Crippen molar-refractivity contribution in [3.8, 4) is 28.1 Å². The number of amides is 2. The third kappa shape index (κ3) is 6.69. The van der Waals surface area contributed by atoms with Crippen LogP contribution in [0.1, 0.15) is 43.3 Å². The van der Waals surface area contributed by atoms with E-state index in [0.717, 1.165) is 39.9 Å². The van der Waals surface area contributed by atoms with Crippen LogP contribution in [0.15, 0.2) is 60.7 Å². The summed E-state index contributed by atoms with van der Waals surface area (Å²) in [6, 6.07) is 19.2. The maximum absolute atomic E-state index is 13.0. The lowest BCUT2D eigenvalue weighted by Gasteiger charge is -2.34. The zero-order valence-corrected chi connectivity index (χ0v) is 25.9. The topological polar surface area (TPSA) is 101 Å². The molecule has 1 atom stereocenters. The van der Waals surface area contributed by atoms with E-state index >= 15 is 0 Å². The maximum Gasteiger partial charge on any atom is 0.410 e. The smallest absolute Gasteiger partial charge is 0.410 e. The first kappa shape index (κ1) is 30.2. The van der Waals surface area contributed by atoms with Gasteiger partial charge < -0.3 is 28.9 Å². The number of hydrogen-bond acceptors (Lipinski definition) is 6. The number of carboxylic acid groups (broad SMARTS) is 1. The molecule has 1 aliphatic heterocycles. The van der Waals surface area contributed by atoms with Gasteiger partial charge in [-0.1, -0.05) is 30.3 Å². The minimum Gasteiger partial charge on any atom is -0.489 e. The molecule has 4 aromatic rings. The first-order valence-electron chi connectivity index (χ1n) is 14.3. The summed E-state index contributed by atoms with van der Waals surface area (Å²) >= 11 is 1.21. The summed E-state index contributed by atoms with van der Waals surface area (Å²) in [4.78, 5) is 41.0. The van der Waals surface area contributed by atoms with Crippen LogP contribution in [0.3, 0.4) is 0 Å². The molecule has 0 spiro atoms. The molecule has 1 saturated heterocycles. The van der Waals surface area contributed by atoms with Crippen molar-refractivity contribution in [1.82, 2.24) is 14.4 Å². The van der Waals surface area contributed by atoms with E-state index < -0.39 is 11.6 Å². The summed E-state index contributed by atoms with van der Waals surface area (Å²) in [5.74, 6) is -0.423. The molecule has 1 fully saturated rings. The van der Waals surface area contributed by atoms with Gasteiger partial charge in [0.1, 0.15) is 28.9 Å². The quantitative estimate of drug-likeness (QED) is 0.255. The number of fused-ring (bicyclic) bond motifs is 1. The van der Waals surface area contributed by atoms with E-state index in [0.29, 0.717) is 24.4 Å². The number of carboxylic acids is 1. The molecule has 9 nitrogen and oxygen atoms in total. The van der Waals surface area contributed by atoms with Crippen molar-refractivity contribution >= 4 is 39.5 Å². The number of thiophene rings is 1. The number of ether oxygens (including phenoxy) is 2. The molecule has 2 amide bonds. The fourth-order valence-electron chi connectivity index (χ4n) is 5.25. The molecule has 0 radical (unpaired) electrons. The molecule has 5 rings (SSSR count). The van der Waals surface area contributed by atoms with Crippen LogP contribution in [0.4, 0.5) is 4.79 Å². The Kier molecular flexibility index (Phi) is 8.50. The number of likely N-dealkylation sites (tertiary alicyclic amines) is 1. The van der Waals surface area contributed by atoms with Crippen molar-refractivity contribution in [2.24, 2.45) is 0 Å². The minimum absolute atomic E-state index is 0.0578. The fourth-order valence-corrected chi connectivity index (χ4v) is 6.32. The van der Waals surface area contributed by atoms with Gasteiger partial charge in [0.2, 0.25) is 5.91 Å². The monoisotopic (exact) mass is 603 g/mol. The first-order chi connectivity index (χ1) is 20.4. The van der Waals surface area contributed by atoms with Gasteiger partial charge in [-0.3, -0.25) is 4.79 Å². The molecule has 1 unspecified atom stereocenters. The van der Waals surface area contributed by atoms with E-state index in [-0.39, 0.29) is 29.5 Å². The molecule has 0 saturated carbocycles. The first-order valence-corrected chi connectivity index (χ1v) is 15.1. The number of rotatable bonds is 7. The average molecular weight is 604 g/mol. The van der Waals surface area contributed by atoms with E-state index in [2.05, 4.69) is 0 Å². The summed E-state index contributed by atoms with van der Waals surface area (Å²) in [6.45, 7) is 6.72. The molecule has 10 heteroatoms. The lowest BCUT2D eigenvalue weighted by Crippen LogP contribution is -2.46. The Morgan fingerprint density at radius 1 is 1.02 bits per heavy atom. The van der Waals surface area contributed by atoms with E-state index in [1.807, 2.05) is 79.9 Å². The van der Waals surface area contributed by atoms with Crippen molar-refractivity contribution in [1.29, 1.82) is 0 Å². The standard InChI is InChI=1S/C33H37N3O6S/c1-33(2,3)42-32(40)35-17-9-12-24(19-35)41-23-15-13-22(14-16-23)29-28(21-10-7-6-8-11-21)30-25(18-26(43-30)31(38)39)36(29)20-27(37)34(4)5/h6-8,10-11,13-16,18,24H,9,12,17,19-20H2,1-5H3,(H,38,39). The van der Waals surface area contributed by atoms with E-state index in [4.69, 9.17) is 9.47 Å². The molecule has 0 aliphatic carbocycles. The van der Waals surface area contributed by atoms with Gasteiger partial charge in [-0.25, -0.2) is 9.59 Å². The number of benzene rings is 2. The molecule has 3 heterocycles. The number of piperidine rings is 1. The number of hydrogen-bond donors (Lipinski definition) is 1. The summed E-state index contributed by atoms with van der Waals surface area (Å²) in [6.07, 6.45) is 1.17. The molecule has 0 bridgehead atoms. The lowest BCUT2D eigenvalue weighted by atomic mass is 10.0. The molecule has 2 aromatic heterocycles. The van der Waals surface area contributed by atoms with Gasteiger partial charge >= 0.3 is 12.1 Å². The largest absolute Gasteiger partial charge is 0.489 e. The summed E-state index contributed by atoms with van der Waals surface area (Å²) in [7, 11) is 3.41. The van der Waals surface area contributed by atoms with Gasteiger partial charge in [0.15, 0.2) is 0 Å². The number of carbonyl (C=O) groups excluding carboxylic acids is 2. The van der Waals surface area contributed by atoms with Gasteiger partial charge in [0.05, 0.1) is 22.5 Å². The second-order valence-electron chi connectivity index (χ2n) is 11.9. The molecular formula is C33H37N3O6S. The zero-order valence-electron chi connectivity index (χ0n) is 25.1. The normalized spacial score (nSPS) is 15.4. The Balaban J connectivity index is 1.50. The molecule has 43 heavy (non-hydrogen) atoms. The van der Waals surface area contributed by atoms with Crippen molar-refractivity contribution in [3.05, 3.63) is 65.5 Å². The van der Waals surface area contributed by atoms with Crippen LogP contribution in [-0.4, -0.2) is 76.3 Å². The molecule has 1 N–H and O–H groups in total. The fraction of sp³-hybridized carbons (Fsp3) is 0.364. The molecule has 2 aromatic carbocycles. The van der Waals surface area contributed by atoms with Crippen LogP contribution in [0.25, 0.3) is 32.6 Å². The second kappa shape index (κ2) is 12.1. The number of nitrogens with zero attached hydrogens (tertiary/aromatic N) is 3. The van der Waals surface area contributed by atoms with Crippen LogP contribution < -0.4 is 4.74 Å². The Labute approximate surface area is 255 Å². The summed E-state index contributed by atoms with van der Waals surface area (Å²) in [5, 5.41) is 9.76. The predicted molar refractivity (Wildman–Crippen MR) is 168 cm³/mol. The number of carbonyl (C=O) groups is 3. The van der Waals surface area contributed by atoms with Crippen molar-refractivity contribution in [3.63, 3.8) is 0 Å². The van der Waals surface area contributed by atoms with Crippen LogP contribution >= 0.6 is 11.3 Å². The Bertz CT molecular complexity index is 1630. The van der Waals surface area contributed by atoms with Gasteiger partial charge in [0, 0.05) is 26.2 Å². The van der Waals surface area contributed by atoms with Crippen LogP contribution in [0.5, 0.6) is 5.75 Å². The number of aromatic nitrogens is 1. The van der Waals surface area contributed by atoms with Crippen molar-refractivity contribution < 1.29 is 29.0 Å². The van der Waals surface area contributed by atoms with E-state index in [1.165, 1.54) is 16.2 Å². The average Bonchev–Trinajstić information content (AvgIpc) is 3.51. The Morgan fingerprint density at radius 3 is 2.35 bits per heavy atom. The van der Waals surface area contributed by atoms with Gasteiger partial charge in [0.25, 0.3) is 0 Å². The highest BCUT2D eigenvalue weighted by atomic mass is 32.1. The SMILES string of the molecule is CN(C)C(=O)Cn1c(-c2ccc(OC3CCCN(C(=O)OC(C)(C)C)C3)cc2)c(-c2ccccc2)c2sc(C(=O)O)cc21. The van der Waals surface area contributed by atoms with E-state index in [9.17, 15) is 19.5 Å². The van der Waals surface area contributed by atoms with Crippen LogP contribution in [-0.2, 0) is 16.1 Å². The highest BCUT2D eigenvalue weighted by molar-refractivity contribution is 7.21. The number of likely N-dealkylation sites (N-methyl/N-ethyl adjacent to an activating group) is 1. The minimum atomic E-state index is -0.998. The van der Waals surface area contributed by atoms with E-state index in [1.54, 1.807) is 25.1 Å². The molecule has 1 aliphatic rings. The summed E-state index contributed by atoms with van der Waals surface area (Å²) < 4.78 is 14.6. The molecule has 226 valence electrons. The lowest BCUT2D eigenvalue weighted by molar-refractivity contribution is -0.129. The predicted octanol–water partition coefficient (Wildman–Crippen LogP) is 6.60.